The SMILES string of the molecule is CCC(CO)Nc1ccc([N+](=O)[O-])cc1I. The Labute approximate surface area is 107 Å². The number of halogens is 1. The third-order valence-corrected chi connectivity index (χ3v) is 3.13. The molecule has 0 aliphatic rings. The predicted molar refractivity (Wildman–Crippen MR) is 70.6 cm³/mol. The van der Waals surface area contributed by atoms with Crippen molar-refractivity contribution in [2.45, 2.75) is 19.4 Å². The summed E-state index contributed by atoms with van der Waals surface area (Å²) in [4.78, 5) is 10.1. The van der Waals surface area contributed by atoms with E-state index in [2.05, 4.69) is 5.32 Å². The molecule has 1 aromatic rings. The first kappa shape index (κ1) is 13.2. The summed E-state index contributed by atoms with van der Waals surface area (Å²) in [5.41, 5.74) is 0.888. The molecule has 0 aliphatic heterocycles. The number of nitrogens with one attached hydrogen (secondary N) is 1. The maximum absolute atomic E-state index is 10.5. The number of hydrogen-bond acceptors (Lipinski definition) is 4. The van der Waals surface area contributed by atoms with Crippen LogP contribution in [0, 0.1) is 13.7 Å². The van der Waals surface area contributed by atoms with Crippen LogP contribution in [0.3, 0.4) is 0 Å². The van der Waals surface area contributed by atoms with Gasteiger partial charge < -0.3 is 10.4 Å². The van der Waals surface area contributed by atoms with Crippen LogP contribution in [-0.4, -0.2) is 22.7 Å². The van der Waals surface area contributed by atoms with Crippen molar-refractivity contribution >= 4 is 34.0 Å². The van der Waals surface area contributed by atoms with Gasteiger partial charge in [-0.3, -0.25) is 10.1 Å². The summed E-state index contributed by atoms with van der Waals surface area (Å²) in [7, 11) is 0. The van der Waals surface area contributed by atoms with Gasteiger partial charge in [0.25, 0.3) is 5.69 Å². The van der Waals surface area contributed by atoms with Crippen molar-refractivity contribution in [2.75, 3.05) is 11.9 Å². The van der Waals surface area contributed by atoms with Crippen LogP contribution >= 0.6 is 22.6 Å². The fraction of sp³-hybridized carbons (Fsp3) is 0.400. The Morgan fingerprint density at radius 3 is 2.75 bits per heavy atom. The molecule has 0 radical (unpaired) electrons. The first-order valence-electron chi connectivity index (χ1n) is 4.89. The molecule has 5 nitrogen and oxygen atoms in total. The molecule has 0 aliphatic carbocycles. The first-order valence-corrected chi connectivity index (χ1v) is 5.97. The zero-order valence-electron chi connectivity index (χ0n) is 8.81. The molecule has 1 rings (SSSR count). The second kappa shape index (κ2) is 6.00. The van der Waals surface area contributed by atoms with E-state index in [1.807, 2.05) is 29.5 Å². The fourth-order valence-corrected chi connectivity index (χ4v) is 1.89. The van der Waals surface area contributed by atoms with Crippen LogP contribution in [0.1, 0.15) is 13.3 Å². The molecule has 1 atom stereocenters. The zero-order valence-corrected chi connectivity index (χ0v) is 11.0. The number of nitro benzene ring substituents is 1. The van der Waals surface area contributed by atoms with Crippen LogP contribution < -0.4 is 5.32 Å². The van der Waals surface area contributed by atoms with Crippen molar-refractivity contribution in [3.63, 3.8) is 0 Å². The lowest BCUT2D eigenvalue weighted by Crippen LogP contribution is -2.23. The van der Waals surface area contributed by atoms with Crippen LogP contribution in [0.25, 0.3) is 0 Å². The topological polar surface area (TPSA) is 75.4 Å². The molecule has 0 saturated carbocycles. The zero-order chi connectivity index (χ0) is 12.1. The van der Waals surface area contributed by atoms with Crippen LogP contribution in [0.15, 0.2) is 18.2 Å². The Morgan fingerprint density at radius 2 is 2.31 bits per heavy atom. The van der Waals surface area contributed by atoms with Crippen molar-refractivity contribution in [1.82, 2.24) is 0 Å². The van der Waals surface area contributed by atoms with E-state index in [-0.39, 0.29) is 18.3 Å². The molecule has 0 bridgehead atoms. The van der Waals surface area contributed by atoms with Gasteiger partial charge in [-0.2, -0.15) is 0 Å². The van der Waals surface area contributed by atoms with Crippen molar-refractivity contribution in [1.29, 1.82) is 0 Å². The number of hydrogen-bond donors (Lipinski definition) is 2. The van der Waals surface area contributed by atoms with E-state index in [1.165, 1.54) is 12.1 Å². The average Bonchev–Trinajstić information content (AvgIpc) is 2.27. The number of anilines is 1. The third kappa shape index (κ3) is 3.31. The number of non-ortho nitro benzene ring substituents is 1. The van der Waals surface area contributed by atoms with Crippen LogP contribution in [0.5, 0.6) is 0 Å². The van der Waals surface area contributed by atoms with Gasteiger partial charge in [-0.15, -0.1) is 0 Å². The van der Waals surface area contributed by atoms with Gasteiger partial charge in [0, 0.05) is 27.4 Å². The summed E-state index contributed by atoms with van der Waals surface area (Å²) >= 11 is 2.04. The molecule has 16 heavy (non-hydrogen) atoms. The highest BCUT2D eigenvalue weighted by Crippen LogP contribution is 2.24. The molecule has 0 amide bonds. The fourth-order valence-electron chi connectivity index (χ4n) is 1.23. The number of nitro groups is 1. The van der Waals surface area contributed by atoms with E-state index in [9.17, 15) is 10.1 Å². The Balaban J connectivity index is 2.86. The summed E-state index contributed by atoms with van der Waals surface area (Å²) in [5.74, 6) is 0. The Bertz CT molecular complexity index is 380. The normalized spacial score (nSPS) is 12.2. The van der Waals surface area contributed by atoms with E-state index in [1.54, 1.807) is 6.07 Å². The molecule has 88 valence electrons. The molecule has 2 N–H and O–H groups in total. The summed E-state index contributed by atoms with van der Waals surface area (Å²) in [5, 5.41) is 22.7. The average molecular weight is 336 g/mol. The van der Waals surface area contributed by atoms with Gasteiger partial charge in [-0.25, -0.2) is 0 Å². The second-order valence-electron chi connectivity index (χ2n) is 3.35. The highest BCUT2D eigenvalue weighted by molar-refractivity contribution is 14.1. The van der Waals surface area contributed by atoms with Crippen LogP contribution in [0.2, 0.25) is 0 Å². The van der Waals surface area contributed by atoms with Gasteiger partial charge in [-0.05, 0) is 35.1 Å². The summed E-state index contributed by atoms with van der Waals surface area (Å²) < 4.78 is 0.777. The molecular formula is C10H13IN2O3. The minimum absolute atomic E-state index is 0.0185. The third-order valence-electron chi connectivity index (χ3n) is 2.24. The minimum Gasteiger partial charge on any atom is -0.394 e. The highest BCUT2D eigenvalue weighted by atomic mass is 127. The van der Waals surface area contributed by atoms with E-state index in [4.69, 9.17) is 5.11 Å². The van der Waals surface area contributed by atoms with Gasteiger partial charge in [0.05, 0.1) is 11.5 Å². The maximum atomic E-state index is 10.5. The van der Waals surface area contributed by atoms with Crippen molar-refractivity contribution in [3.05, 3.63) is 31.9 Å². The van der Waals surface area contributed by atoms with Crippen molar-refractivity contribution in [3.8, 4) is 0 Å². The van der Waals surface area contributed by atoms with Gasteiger partial charge in [0.2, 0.25) is 0 Å². The lowest BCUT2D eigenvalue weighted by atomic mass is 10.2. The summed E-state index contributed by atoms with van der Waals surface area (Å²) in [6.07, 6.45) is 0.795. The number of nitrogens with zero attached hydrogens (tertiary/aromatic N) is 1. The predicted octanol–water partition coefficient (Wildman–Crippen LogP) is 2.38. The molecule has 6 heteroatoms. The van der Waals surface area contributed by atoms with Crippen LogP contribution in [0.4, 0.5) is 11.4 Å². The number of aliphatic hydroxyl groups excluding tert-OH is 1. The Morgan fingerprint density at radius 1 is 1.62 bits per heavy atom. The smallest absolute Gasteiger partial charge is 0.270 e. The van der Waals surface area contributed by atoms with Gasteiger partial charge >= 0.3 is 0 Å². The quantitative estimate of drug-likeness (QED) is 0.492. The Kier molecular flexibility index (Phi) is 4.94. The molecule has 0 fully saturated rings. The monoisotopic (exact) mass is 336 g/mol. The summed E-state index contributed by atoms with van der Waals surface area (Å²) in [6.45, 7) is 2.01. The van der Waals surface area contributed by atoms with Crippen molar-refractivity contribution in [2.24, 2.45) is 0 Å². The number of aliphatic hydroxyl groups is 1. The maximum Gasteiger partial charge on any atom is 0.270 e. The van der Waals surface area contributed by atoms with Gasteiger partial charge in [0.1, 0.15) is 0 Å². The number of rotatable bonds is 5. The van der Waals surface area contributed by atoms with Crippen molar-refractivity contribution < 1.29 is 10.0 Å². The van der Waals surface area contributed by atoms with E-state index >= 15 is 0 Å². The molecule has 0 aromatic heterocycles. The van der Waals surface area contributed by atoms with Crippen LogP contribution in [-0.2, 0) is 0 Å². The molecule has 0 heterocycles. The molecule has 1 unspecified atom stereocenters. The highest BCUT2D eigenvalue weighted by Gasteiger charge is 2.11. The standard InChI is InChI=1S/C10H13IN2O3/c1-2-7(6-14)12-10-4-3-8(13(15)16)5-9(10)11/h3-5,7,12,14H,2,6H2,1H3. The lowest BCUT2D eigenvalue weighted by Gasteiger charge is -2.16. The summed E-state index contributed by atoms with van der Waals surface area (Å²) in [6, 6.07) is 4.61. The lowest BCUT2D eigenvalue weighted by molar-refractivity contribution is -0.384. The second-order valence-corrected chi connectivity index (χ2v) is 4.52. The van der Waals surface area contributed by atoms with E-state index < -0.39 is 4.92 Å². The molecule has 0 saturated heterocycles. The van der Waals surface area contributed by atoms with Gasteiger partial charge in [0.15, 0.2) is 0 Å². The minimum atomic E-state index is -0.421. The van der Waals surface area contributed by atoms with Gasteiger partial charge in [-0.1, -0.05) is 6.92 Å². The number of benzene rings is 1. The van der Waals surface area contributed by atoms with E-state index in [0.29, 0.717) is 0 Å². The molecular weight excluding hydrogens is 323 g/mol. The molecule has 1 aromatic carbocycles. The first-order chi connectivity index (χ1) is 7.58. The molecule has 0 spiro atoms. The van der Waals surface area contributed by atoms with E-state index in [0.717, 1.165) is 15.7 Å². The largest absolute Gasteiger partial charge is 0.394 e. The Hall–Kier alpha value is -0.890.